The number of nitrogens with one attached hydrogen (secondary N) is 1. The minimum absolute atomic E-state index is 0.0214. The van der Waals surface area contributed by atoms with Crippen molar-refractivity contribution in [1.82, 2.24) is 4.98 Å². The summed E-state index contributed by atoms with van der Waals surface area (Å²) in [7, 11) is -3.93. The first-order chi connectivity index (χ1) is 9.82. The van der Waals surface area contributed by atoms with Gasteiger partial charge in [-0.1, -0.05) is 6.07 Å². The Balaban J connectivity index is 2.80. The maximum Gasteiger partial charge on any atom is 0.328 e. The van der Waals surface area contributed by atoms with Gasteiger partial charge in [0.05, 0.1) is 12.3 Å². The van der Waals surface area contributed by atoms with Gasteiger partial charge in [0.2, 0.25) is 10.0 Å². The van der Waals surface area contributed by atoms with E-state index in [0.29, 0.717) is 0 Å². The number of nitrogens with zero attached hydrogens (tertiary/aromatic N) is 1. The Morgan fingerprint density at radius 1 is 1.43 bits per heavy atom. The van der Waals surface area contributed by atoms with E-state index in [1.54, 1.807) is 6.92 Å². The summed E-state index contributed by atoms with van der Waals surface area (Å²) in [6, 6.07) is 4.38. The molecule has 0 amide bonds. The molecule has 114 valence electrons. The van der Waals surface area contributed by atoms with Crippen LogP contribution < -0.4 is 4.72 Å². The van der Waals surface area contributed by atoms with Crippen LogP contribution in [0.5, 0.6) is 0 Å². The van der Waals surface area contributed by atoms with Crippen LogP contribution in [0.4, 0.5) is 5.82 Å². The van der Waals surface area contributed by atoms with Crippen LogP contribution in [0.15, 0.2) is 24.3 Å². The van der Waals surface area contributed by atoms with Gasteiger partial charge in [0.15, 0.2) is 5.75 Å². The number of anilines is 1. The molecule has 0 saturated heterocycles. The summed E-state index contributed by atoms with van der Waals surface area (Å²) in [5, 5.41) is 8.50. The number of carboxylic acid groups (broad SMARTS) is 1. The number of esters is 1. The molecule has 0 spiro atoms. The molecule has 1 heterocycles. The second kappa shape index (κ2) is 7.39. The molecular formula is C12H14N2O6S. The fourth-order valence-electron chi connectivity index (χ4n) is 1.31. The monoisotopic (exact) mass is 314 g/mol. The average molecular weight is 314 g/mol. The standard InChI is InChI=1S/C12H14N2O6S/c1-2-20-12(17)8-21(18,19)14-10-5-3-4-9(13-10)6-7-11(15)16/h3-7H,2,8H2,1H3,(H,13,14)(H,15,16). The molecular weight excluding hydrogens is 300 g/mol. The molecule has 0 bridgehead atoms. The Morgan fingerprint density at radius 2 is 2.14 bits per heavy atom. The maximum atomic E-state index is 11.7. The molecule has 21 heavy (non-hydrogen) atoms. The van der Waals surface area contributed by atoms with Gasteiger partial charge in [-0.25, -0.2) is 18.2 Å². The van der Waals surface area contributed by atoms with Crippen LogP contribution in [0.25, 0.3) is 6.08 Å². The lowest BCUT2D eigenvalue weighted by atomic mass is 10.3. The van der Waals surface area contributed by atoms with E-state index >= 15 is 0 Å². The molecule has 0 unspecified atom stereocenters. The van der Waals surface area contributed by atoms with Crippen molar-refractivity contribution in [3.63, 3.8) is 0 Å². The van der Waals surface area contributed by atoms with Crippen molar-refractivity contribution in [3.8, 4) is 0 Å². The van der Waals surface area contributed by atoms with E-state index in [2.05, 4.69) is 14.4 Å². The van der Waals surface area contributed by atoms with Crippen molar-refractivity contribution in [3.05, 3.63) is 30.0 Å². The van der Waals surface area contributed by atoms with Crippen molar-refractivity contribution >= 4 is 33.9 Å². The molecule has 0 aromatic carbocycles. The Bertz CT molecular complexity index is 653. The molecule has 9 heteroatoms. The number of hydrogen-bond donors (Lipinski definition) is 2. The molecule has 0 saturated carbocycles. The van der Waals surface area contributed by atoms with Gasteiger partial charge in [-0.15, -0.1) is 0 Å². The van der Waals surface area contributed by atoms with E-state index in [1.165, 1.54) is 24.3 Å². The Hall–Kier alpha value is -2.42. The zero-order valence-corrected chi connectivity index (χ0v) is 12.0. The zero-order chi connectivity index (χ0) is 15.9. The van der Waals surface area contributed by atoms with Crippen molar-refractivity contribution in [2.24, 2.45) is 0 Å². The van der Waals surface area contributed by atoms with Crippen LogP contribution in [0.1, 0.15) is 12.6 Å². The number of aliphatic carboxylic acids is 1. The summed E-state index contributed by atoms with van der Waals surface area (Å²) in [6.07, 6.45) is 2.09. The highest BCUT2D eigenvalue weighted by atomic mass is 32.2. The Labute approximate surface area is 121 Å². The number of carboxylic acids is 1. The average Bonchev–Trinajstić information content (AvgIpc) is 2.35. The SMILES string of the molecule is CCOC(=O)CS(=O)(=O)Nc1cccc(C=CC(=O)O)n1. The third-order valence-electron chi connectivity index (χ3n) is 2.04. The van der Waals surface area contributed by atoms with Gasteiger partial charge in [0.25, 0.3) is 0 Å². The van der Waals surface area contributed by atoms with Crippen molar-refractivity contribution in [2.75, 3.05) is 17.1 Å². The second-order valence-corrected chi connectivity index (χ2v) is 5.51. The first-order valence-corrected chi connectivity index (χ1v) is 7.52. The fourth-order valence-corrected chi connectivity index (χ4v) is 2.21. The number of carbonyl (C=O) groups is 2. The number of aromatic nitrogens is 1. The highest BCUT2D eigenvalue weighted by Gasteiger charge is 2.17. The van der Waals surface area contributed by atoms with Gasteiger partial charge < -0.3 is 9.84 Å². The van der Waals surface area contributed by atoms with E-state index in [9.17, 15) is 18.0 Å². The molecule has 1 rings (SSSR count). The van der Waals surface area contributed by atoms with E-state index < -0.39 is 27.7 Å². The summed E-state index contributed by atoms with van der Waals surface area (Å²) >= 11 is 0. The highest BCUT2D eigenvalue weighted by Crippen LogP contribution is 2.09. The second-order valence-electron chi connectivity index (χ2n) is 3.79. The summed E-state index contributed by atoms with van der Waals surface area (Å²) in [6.45, 7) is 1.65. The van der Waals surface area contributed by atoms with Crippen LogP contribution in [0.3, 0.4) is 0 Å². The van der Waals surface area contributed by atoms with Gasteiger partial charge in [-0.05, 0) is 25.1 Å². The first kappa shape index (κ1) is 16.6. The van der Waals surface area contributed by atoms with Crippen LogP contribution in [-0.2, 0) is 24.3 Å². The highest BCUT2D eigenvalue weighted by molar-refractivity contribution is 7.93. The normalized spacial score (nSPS) is 11.3. The molecule has 0 atom stereocenters. The lowest BCUT2D eigenvalue weighted by molar-refractivity contribution is -0.140. The smallest absolute Gasteiger partial charge is 0.328 e. The van der Waals surface area contributed by atoms with Gasteiger partial charge in [0, 0.05) is 6.08 Å². The predicted molar refractivity (Wildman–Crippen MR) is 74.9 cm³/mol. The van der Waals surface area contributed by atoms with E-state index in [1.807, 2.05) is 0 Å². The van der Waals surface area contributed by atoms with Crippen molar-refractivity contribution < 1.29 is 27.9 Å². The molecule has 0 radical (unpaired) electrons. The molecule has 2 N–H and O–H groups in total. The third-order valence-corrected chi connectivity index (χ3v) is 3.18. The molecule has 0 fully saturated rings. The van der Waals surface area contributed by atoms with E-state index in [4.69, 9.17) is 5.11 Å². The van der Waals surface area contributed by atoms with Gasteiger partial charge in [-0.3, -0.25) is 9.52 Å². The summed E-state index contributed by atoms with van der Waals surface area (Å²) in [5.74, 6) is -2.86. The van der Waals surface area contributed by atoms with Crippen LogP contribution >= 0.6 is 0 Å². The Morgan fingerprint density at radius 3 is 2.76 bits per heavy atom. The number of hydrogen-bond acceptors (Lipinski definition) is 6. The van der Waals surface area contributed by atoms with Gasteiger partial charge in [-0.2, -0.15) is 0 Å². The number of rotatable bonds is 7. The molecule has 1 aromatic rings. The van der Waals surface area contributed by atoms with Crippen LogP contribution in [-0.4, -0.2) is 42.8 Å². The van der Waals surface area contributed by atoms with E-state index in [-0.39, 0.29) is 18.1 Å². The minimum atomic E-state index is -3.93. The lowest BCUT2D eigenvalue weighted by Crippen LogP contribution is -2.24. The topological polar surface area (TPSA) is 123 Å². The number of sulfonamides is 1. The van der Waals surface area contributed by atoms with Gasteiger partial charge >= 0.3 is 11.9 Å². The predicted octanol–water partition coefficient (Wildman–Crippen LogP) is 0.484. The number of pyridine rings is 1. The molecule has 0 aliphatic heterocycles. The summed E-state index contributed by atoms with van der Waals surface area (Å²) < 4.78 is 30.1. The van der Waals surface area contributed by atoms with Crippen LogP contribution in [0, 0.1) is 0 Å². The van der Waals surface area contributed by atoms with Crippen molar-refractivity contribution in [2.45, 2.75) is 6.92 Å². The fraction of sp³-hybridized carbons (Fsp3) is 0.250. The molecule has 0 aliphatic carbocycles. The summed E-state index contributed by atoms with van der Waals surface area (Å²) in [5.41, 5.74) is 0.258. The number of carbonyl (C=O) groups excluding carboxylic acids is 1. The lowest BCUT2D eigenvalue weighted by Gasteiger charge is -2.07. The zero-order valence-electron chi connectivity index (χ0n) is 11.1. The first-order valence-electron chi connectivity index (χ1n) is 5.86. The summed E-state index contributed by atoms with van der Waals surface area (Å²) in [4.78, 5) is 25.4. The molecule has 1 aromatic heterocycles. The van der Waals surface area contributed by atoms with Crippen LogP contribution in [0.2, 0.25) is 0 Å². The Kier molecular flexibility index (Phi) is 5.85. The van der Waals surface area contributed by atoms with Crippen molar-refractivity contribution in [1.29, 1.82) is 0 Å². The number of ether oxygens (including phenoxy) is 1. The quantitative estimate of drug-likeness (QED) is 0.554. The molecule has 0 aliphatic rings. The maximum absolute atomic E-state index is 11.7. The largest absolute Gasteiger partial charge is 0.478 e. The van der Waals surface area contributed by atoms with Gasteiger partial charge in [0.1, 0.15) is 5.82 Å². The third kappa shape index (κ3) is 6.52. The molecule has 8 nitrogen and oxygen atoms in total. The van der Waals surface area contributed by atoms with E-state index in [0.717, 1.165) is 6.08 Å². The minimum Gasteiger partial charge on any atom is -0.478 e.